The molecule has 0 unspecified atom stereocenters. The van der Waals surface area contributed by atoms with Crippen LogP contribution in [0.3, 0.4) is 0 Å². The summed E-state index contributed by atoms with van der Waals surface area (Å²) in [6, 6.07) is 0. The standard InChI is InChI=1S/C21H34O3/c1-15(11-14-22)7-9-17-16(2)8-10-18-20(17,3)12-6-13-21(18,4)19(23)24-5/h14-15,17-18H,2,6-13H2,1,3-5H3/t15-,17-,18-,20-,21+/m1/s1. The molecule has 3 heteroatoms. The molecule has 3 nitrogen and oxygen atoms in total. The molecular formula is C21H34O3. The first-order valence-electron chi connectivity index (χ1n) is 9.49. The van der Waals surface area contributed by atoms with Crippen molar-refractivity contribution in [1.29, 1.82) is 0 Å². The fraction of sp³-hybridized carbons (Fsp3) is 0.810. The van der Waals surface area contributed by atoms with Crippen molar-refractivity contribution >= 4 is 12.3 Å². The maximum absolute atomic E-state index is 12.5. The Morgan fingerprint density at radius 3 is 2.75 bits per heavy atom. The fourth-order valence-corrected chi connectivity index (χ4v) is 5.69. The van der Waals surface area contributed by atoms with Gasteiger partial charge in [0.25, 0.3) is 0 Å². The molecule has 0 aliphatic heterocycles. The van der Waals surface area contributed by atoms with Gasteiger partial charge in [-0.3, -0.25) is 4.79 Å². The Morgan fingerprint density at radius 2 is 2.12 bits per heavy atom. The number of carbonyl (C=O) groups excluding carboxylic acids is 2. The van der Waals surface area contributed by atoms with E-state index in [-0.39, 0.29) is 16.8 Å². The summed E-state index contributed by atoms with van der Waals surface area (Å²) in [6.45, 7) is 11.0. The SMILES string of the molecule is C=C1CC[C@@H]2[C@](C)(CCC[C@]2(C)C(=O)OC)[C@@H]1CC[C@@H](C)CC=O. The van der Waals surface area contributed by atoms with E-state index in [1.165, 1.54) is 12.7 Å². The molecule has 0 aromatic carbocycles. The molecule has 0 aromatic heterocycles. The van der Waals surface area contributed by atoms with E-state index in [4.69, 9.17) is 4.74 Å². The lowest BCUT2D eigenvalue weighted by atomic mass is 9.46. The highest BCUT2D eigenvalue weighted by Crippen LogP contribution is 2.62. The van der Waals surface area contributed by atoms with E-state index >= 15 is 0 Å². The number of carbonyl (C=O) groups is 2. The molecule has 2 saturated carbocycles. The third-order valence-electron chi connectivity index (χ3n) is 7.12. The maximum atomic E-state index is 12.5. The Balaban J connectivity index is 2.24. The van der Waals surface area contributed by atoms with Gasteiger partial charge in [0.1, 0.15) is 6.29 Å². The Hall–Kier alpha value is -1.12. The van der Waals surface area contributed by atoms with Crippen molar-refractivity contribution in [3.63, 3.8) is 0 Å². The molecule has 0 spiro atoms. The average molecular weight is 335 g/mol. The van der Waals surface area contributed by atoms with Crippen LogP contribution in [0.1, 0.15) is 72.1 Å². The largest absolute Gasteiger partial charge is 0.469 e. The molecule has 2 aliphatic rings. The molecule has 0 heterocycles. The normalized spacial score (nSPS) is 37.4. The van der Waals surface area contributed by atoms with Gasteiger partial charge in [-0.2, -0.15) is 0 Å². The predicted molar refractivity (Wildman–Crippen MR) is 96.5 cm³/mol. The molecule has 0 amide bonds. The van der Waals surface area contributed by atoms with Crippen LogP contribution in [-0.2, 0) is 14.3 Å². The molecule has 136 valence electrons. The second kappa shape index (κ2) is 7.41. The molecule has 2 rings (SSSR count). The summed E-state index contributed by atoms with van der Waals surface area (Å²) >= 11 is 0. The van der Waals surface area contributed by atoms with Crippen LogP contribution in [0.4, 0.5) is 0 Å². The topological polar surface area (TPSA) is 43.4 Å². The van der Waals surface area contributed by atoms with E-state index in [1.807, 2.05) is 0 Å². The number of hydrogen-bond acceptors (Lipinski definition) is 3. The summed E-state index contributed by atoms with van der Waals surface area (Å²) in [6.07, 6.45) is 9.03. The van der Waals surface area contributed by atoms with Crippen LogP contribution in [-0.4, -0.2) is 19.4 Å². The van der Waals surface area contributed by atoms with Crippen molar-refractivity contribution in [2.75, 3.05) is 7.11 Å². The molecule has 24 heavy (non-hydrogen) atoms. The molecule has 2 aliphatic carbocycles. The summed E-state index contributed by atoms with van der Waals surface area (Å²) in [5.41, 5.74) is 1.10. The Bertz CT molecular complexity index is 497. The quantitative estimate of drug-likeness (QED) is 0.392. The first-order valence-corrected chi connectivity index (χ1v) is 9.49. The summed E-state index contributed by atoms with van der Waals surface area (Å²) in [4.78, 5) is 23.3. The first-order chi connectivity index (χ1) is 11.3. The van der Waals surface area contributed by atoms with Crippen LogP contribution in [0.15, 0.2) is 12.2 Å². The number of fused-ring (bicyclic) bond motifs is 1. The van der Waals surface area contributed by atoms with Crippen molar-refractivity contribution in [2.24, 2.45) is 28.6 Å². The van der Waals surface area contributed by atoms with Gasteiger partial charge >= 0.3 is 5.97 Å². The van der Waals surface area contributed by atoms with Gasteiger partial charge in [0, 0.05) is 6.42 Å². The molecule has 2 fully saturated rings. The first kappa shape index (κ1) is 19.2. The van der Waals surface area contributed by atoms with Gasteiger partial charge in [-0.25, -0.2) is 0 Å². The molecule has 0 saturated heterocycles. The van der Waals surface area contributed by atoms with Gasteiger partial charge < -0.3 is 9.53 Å². The molecule has 5 atom stereocenters. The predicted octanol–water partition coefficient (Wildman–Crippen LogP) is 4.94. The van der Waals surface area contributed by atoms with Crippen LogP contribution in [0.2, 0.25) is 0 Å². The lowest BCUT2D eigenvalue weighted by Gasteiger charge is -2.57. The summed E-state index contributed by atoms with van der Waals surface area (Å²) in [5, 5.41) is 0. The number of aldehydes is 1. The van der Waals surface area contributed by atoms with E-state index in [0.29, 0.717) is 24.2 Å². The van der Waals surface area contributed by atoms with Gasteiger partial charge in [-0.1, -0.05) is 32.4 Å². The van der Waals surface area contributed by atoms with Gasteiger partial charge in [0.05, 0.1) is 12.5 Å². The summed E-state index contributed by atoms with van der Waals surface area (Å²) in [7, 11) is 1.51. The van der Waals surface area contributed by atoms with Crippen LogP contribution >= 0.6 is 0 Å². The molecule has 0 radical (unpaired) electrons. The highest BCUT2D eigenvalue weighted by molar-refractivity contribution is 5.77. The average Bonchev–Trinajstić information content (AvgIpc) is 2.53. The lowest BCUT2D eigenvalue weighted by molar-refractivity contribution is -0.168. The number of allylic oxidation sites excluding steroid dienone is 1. The van der Waals surface area contributed by atoms with E-state index in [1.54, 1.807) is 0 Å². The third kappa shape index (κ3) is 3.32. The van der Waals surface area contributed by atoms with E-state index < -0.39 is 0 Å². The number of methoxy groups -OCH3 is 1. The van der Waals surface area contributed by atoms with E-state index in [2.05, 4.69) is 27.4 Å². The van der Waals surface area contributed by atoms with Crippen LogP contribution in [0, 0.1) is 28.6 Å². The van der Waals surface area contributed by atoms with Gasteiger partial charge in [0.15, 0.2) is 0 Å². The van der Waals surface area contributed by atoms with Crippen LogP contribution in [0.25, 0.3) is 0 Å². The highest BCUT2D eigenvalue weighted by atomic mass is 16.5. The minimum atomic E-state index is -0.366. The smallest absolute Gasteiger partial charge is 0.311 e. The van der Waals surface area contributed by atoms with Crippen molar-refractivity contribution in [1.82, 2.24) is 0 Å². The van der Waals surface area contributed by atoms with E-state index in [9.17, 15) is 9.59 Å². The number of esters is 1. The van der Waals surface area contributed by atoms with Gasteiger partial charge in [0.2, 0.25) is 0 Å². The minimum Gasteiger partial charge on any atom is -0.469 e. The van der Waals surface area contributed by atoms with Gasteiger partial charge in [-0.05, 0) is 68.6 Å². The van der Waals surface area contributed by atoms with Crippen molar-refractivity contribution in [3.8, 4) is 0 Å². The fourth-order valence-electron chi connectivity index (χ4n) is 5.69. The molecule has 0 N–H and O–H groups in total. The Kier molecular flexibility index (Phi) is 5.93. The highest BCUT2D eigenvalue weighted by Gasteiger charge is 2.57. The van der Waals surface area contributed by atoms with E-state index in [0.717, 1.165) is 51.2 Å². The Morgan fingerprint density at radius 1 is 1.42 bits per heavy atom. The summed E-state index contributed by atoms with van der Waals surface area (Å²) < 4.78 is 5.18. The lowest BCUT2D eigenvalue weighted by Crippen LogP contribution is -2.53. The zero-order chi connectivity index (χ0) is 18.0. The monoisotopic (exact) mass is 334 g/mol. The zero-order valence-electron chi connectivity index (χ0n) is 15.9. The minimum absolute atomic E-state index is 0.0426. The summed E-state index contributed by atoms with van der Waals surface area (Å²) in [5.74, 6) is 1.20. The third-order valence-corrected chi connectivity index (χ3v) is 7.12. The molecule has 0 bridgehead atoms. The van der Waals surface area contributed by atoms with Gasteiger partial charge in [-0.15, -0.1) is 0 Å². The number of hydrogen-bond donors (Lipinski definition) is 0. The molecule has 0 aromatic rings. The molecular weight excluding hydrogens is 300 g/mol. The van der Waals surface area contributed by atoms with Crippen LogP contribution < -0.4 is 0 Å². The van der Waals surface area contributed by atoms with Crippen molar-refractivity contribution in [3.05, 3.63) is 12.2 Å². The number of rotatable bonds is 6. The zero-order valence-corrected chi connectivity index (χ0v) is 15.9. The maximum Gasteiger partial charge on any atom is 0.311 e. The number of ether oxygens (including phenoxy) is 1. The second-order valence-corrected chi connectivity index (χ2v) is 8.66. The van der Waals surface area contributed by atoms with Crippen LogP contribution in [0.5, 0.6) is 0 Å². The van der Waals surface area contributed by atoms with Crippen molar-refractivity contribution < 1.29 is 14.3 Å². The Labute approximate surface area is 147 Å². The second-order valence-electron chi connectivity index (χ2n) is 8.66. The van der Waals surface area contributed by atoms with Crippen molar-refractivity contribution in [2.45, 2.75) is 72.1 Å².